The Bertz CT molecular complexity index is 625. The third-order valence-electron chi connectivity index (χ3n) is 3.56. The number of halogens is 2. The highest BCUT2D eigenvalue weighted by molar-refractivity contribution is 9.10. The van der Waals surface area contributed by atoms with Crippen molar-refractivity contribution in [2.45, 2.75) is 18.9 Å². The first-order valence-electron chi connectivity index (χ1n) is 6.58. The van der Waals surface area contributed by atoms with E-state index in [1.54, 1.807) is 0 Å². The van der Waals surface area contributed by atoms with Gasteiger partial charge in [0.1, 0.15) is 5.75 Å². The van der Waals surface area contributed by atoms with Gasteiger partial charge in [0.25, 0.3) is 0 Å². The number of ether oxygens (including phenoxy) is 1. The summed E-state index contributed by atoms with van der Waals surface area (Å²) in [5, 5.41) is 0. The van der Waals surface area contributed by atoms with E-state index in [1.807, 2.05) is 12.1 Å². The lowest BCUT2D eigenvalue weighted by atomic mass is 9.97. The van der Waals surface area contributed by atoms with Crippen LogP contribution in [0.2, 0.25) is 0 Å². The summed E-state index contributed by atoms with van der Waals surface area (Å²) in [7, 11) is 0. The molecule has 2 N–H and O–H groups in total. The lowest BCUT2D eigenvalue weighted by Gasteiger charge is -2.15. The van der Waals surface area contributed by atoms with Gasteiger partial charge in [-0.2, -0.15) is 0 Å². The summed E-state index contributed by atoms with van der Waals surface area (Å²) in [4.78, 5) is 0. The number of fused-ring (bicyclic) bond motifs is 1. The minimum Gasteiger partial charge on any atom is -0.493 e. The lowest BCUT2D eigenvalue weighted by Crippen LogP contribution is -2.13. The Morgan fingerprint density at radius 3 is 2.60 bits per heavy atom. The maximum Gasteiger partial charge on any atom is 0.125 e. The molecule has 0 fully saturated rings. The Morgan fingerprint density at radius 1 is 1.10 bits per heavy atom. The SMILES string of the molecule is NC(Cc1cc(Br)cc2c1OCC2)c1ccc(Br)cc1. The quantitative estimate of drug-likeness (QED) is 0.834. The number of rotatable bonds is 3. The standard InChI is InChI=1S/C16H15Br2NO/c17-13-3-1-10(2-4-13)15(19)9-12-8-14(18)7-11-5-6-20-16(11)12/h1-4,7-8,15H,5-6,9,19H2. The molecule has 0 saturated heterocycles. The topological polar surface area (TPSA) is 35.2 Å². The minimum atomic E-state index is -0.0225. The van der Waals surface area contributed by atoms with Crippen molar-refractivity contribution in [3.8, 4) is 5.75 Å². The van der Waals surface area contributed by atoms with Crippen molar-refractivity contribution >= 4 is 31.9 Å². The third-order valence-corrected chi connectivity index (χ3v) is 4.55. The molecule has 2 nitrogen and oxygen atoms in total. The first kappa shape index (κ1) is 14.1. The molecule has 1 unspecified atom stereocenters. The molecular weight excluding hydrogens is 382 g/mol. The molecule has 0 spiro atoms. The Kier molecular flexibility index (Phi) is 4.15. The van der Waals surface area contributed by atoms with Crippen molar-refractivity contribution in [1.82, 2.24) is 0 Å². The number of hydrogen-bond acceptors (Lipinski definition) is 2. The molecule has 0 aliphatic carbocycles. The highest BCUT2D eigenvalue weighted by Gasteiger charge is 2.19. The van der Waals surface area contributed by atoms with Crippen LogP contribution in [0.15, 0.2) is 45.3 Å². The molecule has 1 atom stereocenters. The molecule has 1 aliphatic rings. The predicted octanol–water partition coefficient (Wildman–Crippen LogP) is 4.39. The van der Waals surface area contributed by atoms with Crippen molar-refractivity contribution < 1.29 is 4.74 Å². The predicted molar refractivity (Wildman–Crippen MR) is 88.1 cm³/mol. The molecule has 20 heavy (non-hydrogen) atoms. The van der Waals surface area contributed by atoms with Crippen LogP contribution in [0.3, 0.4) is 0 Å². The first-order chi connectivity index (χ1) is 9.63. The average molecular weight is 397 g/mol. The normalized spacial score (nSPS) is 14.8. The van der Waals surface area contributed by atoms with E-state index in [-0.39, 0.29) is 6.04 Å². The Morgan fingerprint density at radius 2 is 1.85 bits per heavy atom. The molecule has 0 amide bonds. The van der Waals surface area contributed by atoms with Gasteiger partial charge in [-0.05, 0) is 47.4 Å². The zero-order valence-electron chi connectivity index (χ0n) is 10.9. The van der Waals surface area contributed by atoms with Crippen molar-refractivity contribution in [3.63, 3.8) is 0 Å². The van der Waals surface area contributed by atoms with E-state index in [1.165, 1.54) is 11.1 Å². The van der Waals surface area contributed by atoms with Gasteiger partial charge in [0.05, 0.1) is 6.61 Å². The fourth-order valence-corrected chi connectivity index (χ4v) is 3.38. The van der Waals surface area contributed by atoms with Gasteiger partial charge in [-0.25, -0.2) is 0 Å². The highest BCUT2D eigenvalue weighted by Crippen LogP contribution is 2.35. The molecule has 0 bridgehead atoms. The van der Waals surface area contributed by atoms with Gasteiger partial charge >= 0.3 is 0 Å². The zero-order chi connectivity index (χ0) is 14.1. The Balaban J connectivity index is 1.86. The number of hydrogen-bond donors (Lipinski definition) is 1. The molecule has 0 radical (unpaired) electrons. The van der Waals surface area contributed by atoms with Crippen LogP contribution < -0.4 is 10.5 Å². The van der Waals surface area contributed by atoms with E-state index in [2.05, 4.69) is 56.1 Å². The van der Waals surface area contributed by atoms with Gasteiger partial charge in [-0.3, -0.25) is 0 Å². The second kappa shape index (κ2) is 5.88. The fraction of sp³-hybridized carbons (Fsp3) is 0.250. The molecular formula is C16H15Br2NO. The summed E-state index contributed by atoms with van der Waals surface area (Å²) >= 11 is 7.01. The summed E-state index contributed by atoms with van der Waals surface area (Å²) in [6, 6.07) is 12.4. The molecule has 0 saturated carbocycles. The molecule has 0 aromatic heterocycles. The van der Waals surface area contributed by atoms with E-state index in [9.17, 15) is 0 Å². The zero-order valence-corrected chi connectivity index (χ0v) is 14.1. The molecule has 1 heterocycles. The third kappa shape index (κ3) is 2.92. The maximum absolute atomic E-state index is 6.34. The van der Waals surface area contributed by atoms with Gasteiger partial charge in [0.15, 0.2) is 0 Å². The van der Waals surface area contributed by atoms with Crippen LogP contribution in [0.25, 0.3) is 0 Å². The van der Waals surface area contributed by atoms with Crippen molar-refractivity contribution in [2.24, 2.45) is 5.73 Å². The molecule has 2 aromatic rings. The second-order valence-electron chi connectivity index (χ2n) is 5.01. The fourth-order valence-electron chi connectivity index (χ4n) is 2.56. The average Bonchev–Trinajstić information content (AvgIpc) is 2.87. The lowest BCUT2D eigenvalue weighted by molar-refractivity contribution is 0.352. The molecule has 104 valence electrons. The smallest absolute Gasteiger partial charge is 0.125 e. The monoisotopic (exact) mass is 395 g/mol. The minimum absolute atomic E-state index is 0.0225. The number of benzene rings is 2. The van der Waals surface area contributed by atoms with Crippen LogP contribution in [0.5, 0.6) is 5.75 Å². The molecule has 3 rings (SSSR count). The Hall–Kier alpha value is -0.840. The van der Waals surface area contributed by atoms with E-state index in [0.717, 1.165) is 39.7 Å². The van der Waals surface area contributed by atoms with E-state index in [4.69, 9.17) is 10.5 Å². The van der Waals surface area contributed by atoms with E-state index in [0.29, 0.717) is 0 Å². The van der Waals surface area contributed by atoms with Crippen LogP contribution >= 0.6 is 31.9 Å². The van der Waals surface area contributed by atoms with Gasteiger partial charge in [0.2, 0.25) is 0 Å². The summed E-state index contributed by atoms with van der Waals surface area (Å²) in [5.41, 5.74) is 9.93. The summed E-state index contributed by atoms with van der Waals surface area (Å²) in [5.74, 6) is 1.03. The van der Waals surface area contributed by atoms with Crippen molar-refractivity contribution in [3.05, 3.63) is 62.0 Å². The van der Waals surface area contributed by atoms with Crippen LogP contribution in [0.4, 0.5) is 0 Å². The van der Waals surface area contributed by atoms with Crippen molar-refractivity contribution in [2.75, 3.05) is 6.61 Å². The van der Waals surface area contributed by atoms with Gasteiger partial charge in [0, 0.05) is 21.4 Å². The maximum atomic E-state index is 6.34. The van der Waals surface area contributed by atoms with E-state index >= 15 is 0 Å². The van der Waals surface area contributed by atoms with Crippen LogP contribution in [0, 0.1) is 0 Å². The van der Waals surface area contributed by atoms with Crippen LogP contribution in [-0.2, 0) is 12.8 Å². The van der Waals surface area contributed by atoms with Gasteiger partial charge in [-0.1, -0.05) is 44.0 Å². The molecule has 4 heteroatoms. The van der Waals surface area contributed by atoms with E-state index < -0.39 is 0 Å². The summed E-state index contributed by atoms with van der Waals surface area (Å²) < 4.78 is 7.92. The second-order valence-corrected chi connectivity index (χ2v) is 6.85. The largest absolute Gasteiger partial charge is 0.493 e. The highest BCUT2D eigenvalue weighted by atomic mass is 79.9. The number of nitrogens with two attached hydrogens (primary N) is 1. The van der Waals surface area contributed by atoms with Gasteiger partial charge < -0.3 is 10.5 Å². The Labute approximate surface area is 135 Å². The van der Waals surface area contributed by atoms with Crippen LogP contribution in [0.1, 0.15) is 22.7 Å². The van der Waals surface area contributed by atoms with Crippen LogP contribution in [-0.4, -0.2) is 6.61 Å². The van der Waals surface area contributed by atoms with Crippen molar-refractivity contribution in [1.29, 1.82) is 0 Å². The molecule has 1 aliphatic heterocycles. The molecule has 2 aromatic carbocycles. The van der Waals surface area contributed by atoms with Gasteiger partial charge in [-0.15, -0.1) is 0 Å². The summed E-state index contributed by atoms with van der Waals surface area (Å²) in [6.07, 6.45) is 1.76. The first-order valence-corrected chi connectivity index (χ1v) is 8.17. The summed E-state index contributed by atoms with van der Waals surface area (Å²) in [6.45, 7) is 0.770.